The molecule has 1 atom stereocenters. The Kier molecular flexibility index (Phi) is 4.64. The maximum absolute atomic E-state index is 12.2. The number of benzene rings is 1. The fourth-order valence-corrected chi connectivity index (χ4v) is 2.67. The summed E-state index contributed by atoms with van der Waals surface area (Å²) in [7, 11) is 1.35. The number of ether oxygens (including phenoxy) is 1. The van der Waals surface area contributed by atoms with Gasteiger partial charge in [-0.2, -0.15) is 0 Å². The van der Waals surface area contributed by atoms with Gasteiger partial charge < -0.3 is 15.0 Å². The molecular formula is C14H16Cl2N2O3. The Labute approximate surface area is 133 Å². The number of rotatable bonds is 2. The molecule has 1 aliphatic rings. The largest absolute Gasteiger partial charge is 0.469 e. The summed E-state index contributed by atoms with van der Waals surface area (Å²) < 4.78 is 4.78. The van der Waals surface area contributed by atoms with E-state index in [4.69, 9.17) is 27.9 Å². The second-order valence-corrected chi connectivity index (χ2v) is 6.12. The molecule has 1 heterocycles. The second-order valence-electron chi connectivity index (χ2n) is 5.28. The first-order valence-corrected chi connectivity index (χ1v) is 7.21. The fraction of sp³-hybridized carbons (Fsp3) is 0.429. The van der Waals surface area contributed by atoms with Crippen molar-refractivity contribution in [2.75, 3.05) is 25.5 Å². The van der Waals surface area contributed by atoms with Crippen LogP contribution in [-0.4, -0.2) is 37.1 Å². The lowest BCUT2D eigenvalue weighted by Gasteiger charge is -2.22. The first-order valence-electron chi connectivity index (χ1n) is 6.45. The van der Waals surface area contributed by atoms with Crippen molar-refractivity contribution < 1.29 is 14.3 Å². The average Bonchev–Trinajstić information content (AvgIpc) is 2.86. The van der Waals surface area contributed by atoms with Gasteiger partial charge in [0.25, 0.3) is 0 Å². The van der Waals surface area contributed by atoms with Crippen molar-refractivity contribution in [3.8, 4) is 0 Å². The minimum atomic E-state index is -0.662. The van der Waals surface area contributed by atoms with E-state index in [1.165, 1.54) is 7.11 Å². The second kappa shape index (κ2) is 6.12. The van der Waals surface area contributed by atoms with Crippen LogP contribution in [0, 0.1) is 5.41 Å². The van der Waals surface area contributed by atoms with Gasteiger partial charge in [0.2, 0.25) is 0 Å². The summed E-state index contributed by atoms with van der Waals surface area (Å²) in [6.07, 6.45) is 0.566. The third kappa shape index (κ3) is 3.41. The number of hydrogen-bond donors (Lipinski definition) is 1. The Morgan fingerprint density at radius 2 is 2.10 bits per heavy atom. The van der Waals surface area contributed by atoms with Gasteiger partial charge in [-0.15, -0.1) is 0 Å². The molecule has 5 nitrogen and oxygen atoms in total. The molecule has 2 amide bonds. The van der Waals surface area contributed by atoms with Gasteiger partial charge in [-0.1, -0.05) is 23.2 Å². The molecule has 7 heteroatoms. The zero-order valence-corrected chi connectivity index (χ0v) is 13.3. The van der Waals surface area contributed by atoms with Crippen molar-refractivity contribution in [1.82, 2.24) is 4.90 Å². The molecule has 114 valence electrons. The number of amides is 2. The van der Waals surface area contributed by atoms with Gasteiger partial charge in [0.05, 0.1) is 23.2 Å². The topological polar surface area (TPSA) is 58.6 Å². The van der Waals surface area contributed by atoms with Crippen LogP contribution in [0.25, 0.3) is 0 Å². The number of esters is 1. The molecule has 1 aliphatic heterocycles. The number of carbonyl (C=O) groups is 2. The van der Waals surface area contributed by atoms with E-state index >= 15 is 0 Å². The Bertz CT molecular complexity index is 579. The highest BCUT2D eigenvalue weighted by atomic mass is 35.5. The Hall–Kier alpha value is -1.46. The lowest BCUT2D eigenvalue weighted by Crippen LogP contribution is -2.37. The Balaban J connectivity index is 2.05. The number of halogens is 2. The van der Waals surface area contributed by atoms with E-state index in [2.05, 4.69) is 5.32 Å². The van der Waals surface area contributed by atoms with E-state index in [0.717, 1.165) is 0 Å². The van der Waals surface area contributed by atoms with Crippen LogP contribution in [0.5, 0.6) is 0 Å². The molecule has 2 rings (SSSR count). The van der Waals surface area contributed by atoms with Crippen LogP contribution < -0.4 is 5.32 Å². The third-order valence-corrected chi connectivity index (χ3v) is 4.17. The van der Waals surface area contributed by atoms with Crippen molar-refractivity contribution in [2.24, 2.45) is 5.41 Å². The van der Waals surface area contributed by atoms with Gasteiger partial charge in [0.1, 0.15) is 0 Å². The number of carbonyl (C=O) groups excluding carboxylic acids is 2. The van der Waals surface area contributed by atoms with Gasteiger partial charge in [0.15, 0.2) is 0 Å². The zero-order valence-electron chi connectivity index (χ0n) is 11.8. The predicted molar refractivity (Wildman–Crippen MR) is 81.8 cm³/mol. The molecule has 0 aromatic heterocycles. The smallest absolute Gasteiger partial charge is 0.321 e. The molecule has 1 aromatic carbocycles. The van der Waals surface area contributed by atoms with E-state index in [0.29, 0.717) is 35.2 Å². The summed E-state index contributed by atoms with van der Waals surface area (Å²) in [4.78, 5) is 25.5. The van der Waals surface area contributed by atoms with E-state index in [-0.39, 0.29) is 12.0 Å². The van der Waals surface area contributed by atoms with E-state index < -0.39 is 5.41 Å². The van der Waals surface area contributed by atoms with E-state index in [1.807, 2.05) is 0 Å². The van der Waals surface area contributed by atoms with E-state index in [1.54, 1.807) is 30.0 Å². The number of anilines is 1. The van der Waals surface area contributed by atoms with Crippen LogP contribution in [0.3, 0.4) is 0 Å². The Morgan fingerprint density at radius 3 is 2.76 bits per heavy atom. The van der Waals surface area contributed by atoms with Crippen molar-refractivity contribution in [3.05, 3.63) is 28.2 Å². The maximum atomic E-state index is 12.2. The predicted octanol–water partition coefficient (Wildman–Crippen LogP) is 3.41. The van der Waals surface area contributed by atoms with E-state index in [9.17, 15) is 9.59 Å². The Morgan fingerprint density at radius 1 is 1.38 bits per heavy atom. The number of likely N-dealkylation sites (tertiary alicyclic amines) is 1. The highest BCUT2D eigenvalue weighted by Gasteiger charge is 2.43. The van der Waals surface area contributed by atoms with Gasteiger partial charge in [-0.25, -0.2) is 4.79 Å². The summed E-state index contributed by atoms with van der Waals surface area (Å²) in [6, 6.07) is 4.52. The number of methoxy groups -OCH3 is 1. The highest BCUT2D eigenvalue weighted by Crippen LogP contribution is 2.32. The van der Waals surface area contributed by atoms with Crippen LogP contribution in [0.15, 0.2) is 18.2 Å². The summed E-state index contributed by atoms with van der Waals surface area (Å²) in [6.45, 7) is 2.58. The average molecular weight is 331 g/mol. The summed E-state index contributed by atoms with van der Waals surface area (Å²) >= 11 is 11.9. The summed E-state index contributed by atoms with van der Waals surface area (Å²) in [5.41, 5.74) is -0.217. The van der Waals surface area contributed by atoms with Crippen molar-refractivity contribution in [3.63, 3.8) is 0 Å². The maximum Gasteiger partial charge on any atom is 0.321 e. The van der Waals surface area contributed by atoms with Crippen molar-refractivity contribution in [2.45, 2.75) is 13.3 Å². The third-order valence-electron chi connectivity index (χ3n) is 3.61. The summed E-state index contributed by atoms with van der Waals surface area (Å²) in [5.74, 6) is -0.307. The monoisotopic (exact) mass is 330 g/mol. The fourth-order valence-electron chi connectivity index (χ4n) is 2.33. The summed E-state index contributed by atoms with van der Waals surface area (Å²) in [5, 5.41) is 3.59. The normalized spacial score (nSPS) is 21.2. The molecular weight excluding hydrogens is 315 g/mol. The molecule has 1 aromatic rings. The molecule has 0 bridgehead atoms. The van der Waals surface area contributed by atoms with Gasteiger partial charge in [-0.3, -0.25) is 4.79 Å². The van der Waals surface area contributed by atoms with Crippen LogP contribution in [0.1, 0.15) is 13.3 Å². The quantitative estimate of drug-likeness (QED) is 0.845. The van der Waals surface area contributed by atoms with Crippen LogP contribution in [0.2, 0.25) is 10.0 Å². The first kappa shape index (κ1) is 15.9. The van der Waals surface area contributed by atoms with Crippen LogP contribution in [0.4, 0.5) is 10.5 Å². The molecule has 1 saturated heterocycles. The minimum absolute atomic E-state index is 0.307. The van der Waals surface area contributed by atoms with Crippen molar-refractivity contribution in [1.29, 1.82) is 0 Å². The molecule has 1 unspecified atom stereocenters. The SMILES string of the molecule is COC(=O)C1(C)CCN(C(=O)Nc2cc(Cl)ccc2Cl)C1. The number of hydrogen-bond acceptors (Lipinski definition) is 3. The number of nitrogens with zero attached hydrogens (tertiary/aromatic N) is 1. The highest BCUT2D eigenvalue weighted by molar-refractivity contribution is 6.35. The van der Waals surface area contributed by atoms with Crippen LogP contribution >= 0.6 is 23.2 Å². The first-order chi connectivity index (χ1) is 9.85. The van der Waals surface area contributed by atoms with Crippen molar-refractivity contribution >= 4 is 40.9 Å². The van der Waals surface area contributed by atoms with Gasteiger partial charge >= 0.3 is 12.0 Å². The van der Waals surface area contributed by atoms with Crippen LogP contribution in [-0.2, 0) is 9.53 Å². The molecule has 0 spiro atoms. The minimum Gasteiger partial charge on any atom is -0.469 e. The lowest BCUT2D eigenvalue weighted by molar-refractivity contribution is -0.150. The molecule has 0 radical (unpaired) electrons. The number of urea groups is 1. The lowest BCUT2D eigenvalue weighted by atomic mass is 9.90. The standard InChI is InChI=1S/C14H16Cl2N2O3/c1-14(12(19)21-2)5-6-18(8-14)13(20)17-11-7-9(15)3-4-10(11)16/h3-4,7H,5-6,8H2,1-2H3,(H,17,20). The van der Waals surface area contributed by atoms with Gasteiger partial charge in [0, 0.05) is 18.1 Å². The van der Waals surface area contributed by atoms with Gasteiger partial charge in [-0.05, 0) is 31.5 Å². The molecule has 21 heavy (non-hydrogen) atoms. The number of nitrogens with one attached hydrogen (secondary N) is 1. The molecule has 0 aliphatic carbocycles. The molecule has 0 saturated carbocycles. The molecule has 1 N–H and O–H groups in total. The molecule has 1 fully saturated rings. The zero-order chi connectivity index (χ0) is 15.6.